The molecule has 2 heterocycles. The van der Waals surface area contributed by atoms with E-state index in [1.807, 2.05) is 0 Å². The minimum Gasteiger partial charge on any atom is -0.271 e. The number of benzene rings is 1. The fourth-order valence-electron chi connectivity index (χ4n) is 3.19. The van der Waals surface area contributed by atoms with Gasteiger partial charge in [-0.2, -0.15) is 17.9 Å². The number of hydrogen-bond acceptors (Lipinski definition) is 10. The summed E-state index contributed by atoms with van der Waals surface area (Å²) in [6.45, 7) is 6.75. The van der Waals surface area contributed by atoms with Crippen molar-refractivity contribution >= 4 is 59.5 Å². The lowest BCUT2D eigenvalue weighted by atomic mass is 10.2. The van der Waals surface area contributed by atoms with Gasteiger partial charge in [0.05, 0.1) is 0 Å². The first-order valence-corrected chi connectivity index (χ1v) is 13.7. The predicted octanol–water partition coefficient (Wildman–Crippen LogP) is 1.62. The van der Waals surface area contributed by atoms with Gasteiger partial charge in [0, 0.05) is 18.5 Å². The Morgan fingerprint density at radius 1 is 1.09 bits per heavy atom. The van der Waals surface area contributed by atoms with Crippen LogP contribution < -0.4 is 5.14 Å². The molecule has 2 aromatic rings. The Bertz CT molecular complexity index is 1300. The van der Waals surface area contributed by atoms with E-state index in [0.717, 1.165) is 11.5 Å². The monoisotopic (exact) mass is 516 g/mol. The number of carbonyl (C=O) groups is 2. The summed E-state index contributed by atoms with van der Waals surface area (Å²) in [6.07, 6.45) is 0. The second-order valence-corrected chi connectivity index (χ2v) is 12.4. The number of nitrogens with zero attached hydrogens (tertiary/aromatic N) is 5. The Labute approximate surface area is 195 Å². The van der Waals surface area contributed by atoms with Crippen LogP contribution in [0.15, 0.2) is 33.3 Å². The van der Waals surface area contributed by atoms with Gasteiger partial charge in [0.2, 0.25) is 16.1 Å². The maximum Gasteiger partial charge on any atom is 0.330 e. The first-order valence-electron chi connectivity index (χ1n) is 9.95. The van der Waals surface area contributed by atoms with Crippen LogP contribution in [0.4, 0.5) is 5.00 Å². The average molecular weight is 517 g/mol. The molecule has 0 spiro atoms. The second kappa shape index (κ2) is 9.04. The molecule has 0 saturated carbocycles. The SMILES string of the molecule is CC(C)CN1C(=O)C(N=Nc2snc3c(S(N)(=O)=O)cccc23)C(=O)N(CC(C)C)S1(=O)=O. The summed E-state index contributed by atoms with van der Waals surface area (Å²) in [5, 5.41) is 13.5. The van der Waals surface area contributed by atoms with E-state index in [4.69, 9.17) is 5.14 Å². The summed E-state index contributed by atoms with van der Waals surface area (Å²) in [5.74, 6) is -2.34. The second-order valence-electron chi connectivity index (χ2n) is 8.34. The molecule has 1 aliphatic heterocycles. The number of fused-ring (bicyclic) bond motifs is 1. The topological polar surface area (TPSA) is 173 Å². The normalized spacial score (nSPS) is 17.9. The Hall–Kier alpha value is -2.49. The van der Waals surface area contributed by atoms with Crippen LogP contribution in [0.3, 0.4) is 0 Å². The van der Waals surface area contributed by atoms with Crippen LogP contribution in [0.25, 0.3) is 10.9 Å². The Morgan fingerprint density at radius 2 is 1.64 bits per heavy atom. The van der Waals surface area contributed by atoms with E-state index in [1.165, 1.54) is 12.1 Å². The molecule has 2 amide bonds. The molecule has 1 aromatic carbocycles. The molecule has 2 N–H and O–H groups in total. The highest BCUT2D eigenvalue weighted by molar-refractivity contribution is 7.89. The first-order chi connectivity index (χ1) is 15.2. The molecule has 180 valence electrons. The van der Waals surface area contributed by atoms with Gasteiger partial charge >= 0.3 is 10.2 Å². The zero-order valence-corrected chi connectivity index (χ0v) is 20.8. The molecule has 1 saturated heterocycles. The van der Waals surface area contributed by atoms with Crippen molar-refractivity contribution in [3.05, 3.63) is 18.2 Å². The van der Waals surface area contributed by atoms with E-state index in [-0.39, 0.29) is 40.3 Å². The molecule has 3 rings (SSSR count). The van der Waals surface area contributed by atoms with Crippen molar-refractivity contribution in [3.63, 3.8) is 0 Å². The number of amides is 2. The smallest absolute Gasteiger partial charge is 0.271 e. The fraction of sp³-hybridized carbons (Fsp3) is 0.500. The molecule has 15 heteroatoms. The summed E-state index contributed by atoms with van der Waals surface area (Å²) in [7, 11) is -8.38. The van der Waals surface area contributed by atoms with Crippen molar-refractivity contribution in [2.45, 2.75) is 38.6 Å². The summed E-state index contributed by atoms with van der Waals surface area (Å²) >= 11 is 0.808. The highest BCUT2D eigenvalue weighted by Crippen LogP contribution is 2.34. The first kappa shape index (κ1) is 25.1. The summed E-state index contributed by atoms with van der Waals surface area (Å²) < 4.78 is 54.9. The van der Waals surface area contributed by atoms with Crippen molar-refractivity contribution in [1.29, 1.82) is 0 Å². The highest BCUT2D eigenvalue weighted by Gasteiger charge is 2.50. The van der Waals surface area contributed by atoms with Gasteiger partial charge in [-0.25, -0.2) is 22.2 Å². The van der Waals surface area contributed by atoms with Gasteiger partial charge in [0.1, 0.15) is 10.4 Å². The minimum absolute atomic E-state index is 0.0886. The number of sulfonamides is 1. The van der Waals surface area contributed by atoms with Gasteiger partial charge < -0.3 is 0 Å². The van der Waals surface area contributed by atoms with Gasteiger partial charge in [-0.15, -0.1) is 5.11 Å². The Kier molecular flexibility index (Phi) is 6.89. The minimum atomic E-state index is -4.34. The van der Waals surface area contributed by atoms with Crippen molar-refractivity contribution in [2.75, 3.05) is 13.1 Å². The van der Waals surface area contributed by atoms with E-state index in [0.29, 0.717) is 14.0 Å². The maximum atomic E-state index is 13.0. The molecule has 1 aliphatic rings. The molecule has 12 nitrogen and oxygen atoms in total. The van der Waals surface area contributed by atoms with Crippen molar-refractivity contribution in [3.8, 4) is 0 Å². The van der Waals surface area contributed by atoms with Gasteiger partial charge in [-0.05, 0) is 35.5 Å². The largest absolute Gasteiger partial charge is 0.330 e. The van der Waals surface area contributed by atoms with Gasteiger partial charge in [-0.1, -0.05) is 33.8 Å². The van der Waals surface area contributed by atoms with E-state index >= 15 is 0 Å². The van der Waals surface area contributed by atoms with Crippen molar-refractivity contribution in [2.24, 2.45) is 27.2 Å². The number of rotatable bonds is 7. The summed E-state index contributed by atoms with van der Waals surface area (Å²) in [5.41, 5.74) is 0.0886. The van der Waals surface area contributed by atoms with Crippen LogP contribution >= 0.6 is 11.5 Å². The Balaban J connectivity index is 2.04. The van der Waals surface area contributed by atoms with Gasteiger partial charge in [0.15, 0.2) is 5.00 Å². The van der Waals surface area contributed by atoms with Crippen LogP contribution in [-0.2, 0) is 29.8 Å². The van der Waals surface area contributed by atoms with E-state index < -0.39 is 38.1 Å². The molecule has 0 radical (unpaired) electrons. The third-order valence-corrected chi connectivity index (χ3v) is 8.06. The van der Waals surface area contributed by atoms with E-state index in [2.05, 4.69) is 14.6 Å². The number of primary sulfonamides is 1. The number of hydrogen-bond donors (Lipinski definition) is 1. The van der Waals surface area contributed by atoms with E-state index in [9.17, 15) is 26.4 Å². The molecule has 0 unspecified atom stereocenters. The molecule has 0 bridgehead atoms. The van der Waals surface area contributed by atoms with Crippen LogP contribution in [0, 0.1) is 11.8 Å². The molecular formula is C18H24N6O6S3. The maximum absolute atomic E-state index is 13.0. The number of azo groups is 1. The van der Waals surface area contributed by atoms with Crippen molar-refractivity contribution < 1.29 is 26.4 Å². The van der Waals surface area contributed by atoms with Crippen LogP contribution in [0.5, 0.6) is 0 Å². The third kappa shape index (κ3) is 4.90. The molecule has 33 heavy (non-hydrogen) atoms. The molecule has 0 aliphatic carbocycles. The van der Waals surface area contributed by atoms with Gasteiger partial charge in [0.25, 0.3) is 11.8 Å². The zero-order chi connectivity index (χ0) is 24.7. The lowest BCUT2D eigenvalue weighted by Gasteiger charge is -2.37. The molecular weight excluding hydrogens is 492 g/mol. The van der Waals surface area contributed by atoms with Crippen LogP contribution in [0.1, 0.15) is 27.7 Å². The summed E-state index contributed by atoms with van der Waals surface area (Å²) in [6, 6.07) is 2.61. The van der Waals surface area contributed by atoms with Crippen LogP contribution in [0.2, 0.25) is 0 Å². The number of aromatic nitrogens is 1. The summed E-state index contributed by atoms with van der Waals surface area (Å²) in [4.78, 5) is 25.7. The molecule has 0 atom stereocenters. The Morgan fingerprint density at radius 3 is 2.12 bits per heavy atom. The van der Waals surface area contributed by atoms with Gasteiger partial charge in [-0.3, -0.25) is 9.59 Å². The number of carbonyl (C=O) groups excluding carboxylic acids is 2. The zero-order valence-electron chi connectivity index (χ0n) is 18.4. The average Bonchev–Trinajstić information content (AvgIpc) is 3.11. The predicted molar refractivity (Wildman–Crippen MR) is 121 cm³/mol. The highest BCUT2D eigenvalue weighted by atomic mass is 32.2. The molecule has 1 fully saturated rings. The lowest BCUT2D eigenvalue weighted by molar-refractivity contribution is -0.141. The standard InChI is InChI=1S/C18H24N6O6S3/c1-10(2)8-23-17(25)15(18(26)24(9-11(3)4)33(23,29)30)20-21-16-12-6-5-7-13(32(19,27)28)14(12)22-31-16/h5-7,10-11,15H,8-9H2,1-4H3,(H2,19,27,28). The molecule has 1 aromatic heterocycles. The van der Waals surface area contributed by atoms with E-state index in [1.54, 1.807) is 33.8 Å². The van der Waals surface area contributed by atoms with Crippen LogP contribution in [-0.4, -0.2) is 60.8 Å². The van der Waals surface area contributed by atoms with Crippen molar-refractivity contribution in [1.82, 2.24) is 13.0 Å². The number of nitrogens with two attached hydrogens (primary N) is 1. The fourth-order valence-corrected chi connectivity index (χ4v) is 6.53. The quantitative estimate of drug-likeness (QED) is 0.430. The third-order valence-electron chi connectivity index (χ3n) is 4.60. The lowest BCUT2D eigenvalue weighted by Crippen LogP contribution is -2.62.